The molecule has 2 aliphatic rings. The normalized spacial score (nSPS) is 21.2. The first-order valence-electron chi connectivity index (χ1n) is 12.6. The predicted molar refractivity (Wildman–Crippen MR) is 158 cm³/mol. The van der Waals surface area contributed by atoms with Gasteiger partial charge in [0.2, 0.25) is 5.91 Å². The number of thioether (sulfide) groups is 2. The highest BCUT2D eigenvalue weighted by Crippen LogP contribution is 2.44. The van der Waals surface area contributed by atoms with E-state index in [4.69, 9.17) is 4.74 Å². The van der Waals surface area contributed by atoms with E-state index in [1.54, 1.807) is 10.7 Å². The topological polar surface area (TPSA) is 182 Å². The number of amides is 3. The van der Waals surface area contributed by atoms with Crippen molar-refractivity contribution in [2.75, 3.05) is 30.5 Å². The van der Waals surface area contributed by atoms with Crippen LogP contribution in [-0.2, 0) is 35.4 Å². The molecule has 1 aromatic heterocycles. The molecule has 2 aliphatic heterocycles. The average molecular weight is 689 g/mol. The molecule has 45 heavy (non-hydrogen) atoms. The standard InChI is InChI=1S/C25H23F3N6O8S3/c1-3-43-11-24(22(38)42-8-13-4-6-14(7-5-13)34(39)40)10-33-19(36)17(20(33)45-12-24)30-18(35)16(32-41-2)15-9-44-23(29-15)31-21(37)25(26,27)28/h3-7,9,17,20H,1,8,10-12H2,2H3,(H,30,35)(H,29,31,37)/t17?,20-,24?/m1/s1. The number of fused-ring (bicyclic) bond motifs is 1. The number of thiazole rings is 1. The van der Waals surface area contributed by atoms with E-state index in [0.29, 0.717) is 16.9 Å². The number of nitro groups is 1. The molecule has 3 heterocycles. The van der Waals surface area contributed by atoms with E-state index < -0.39 is 62.5 Å². The predicted octanol–water partition coefficient (Wildman–Crippen LogP) is 2.91. The molecule has 2 aromatic rings. The fourth-order valence-corrected chi connectivity index (χ4v) is 7.35. The molecule has 14 nitrogen and oxygen atoms in total. The number of non-ortho nitro benzene ring substituents is 1. The Hall–Kier alpha value is -4.17. The van der Waals surface area contributed by atoms with Crippen molar-refractivity contribution >= 4 is 75.1 Å². The number of benzene rings is 1. The first-order chi connectivity index (χ1) is 21.3. The molecule has 0 aliphatic carbocycles. The van der Waals surface area contributed by atoms with Crippen molar-refractivity contribution in [2.24, 2.45) is 10.6 Å². The van der Waals surface area contributed by atoms with Gasteiger partial charge in [-0.15, -0.1) is 34.9 Å². The highest BCUT2D eigenvalue weighted by Gasteiger charge is 2.58. The first kappa shape index (κ1) is 33.7. The van der Waals surface area contributed by atoms with Gasteiger partial charge in [0.05, 0.1) is 4.92 Å². The molecule has 0 saturated carbocycles. The fourth-order valence-electron chi connectivity index (χ4n) is 4.24. The number of ether oxygens (including phenoxy) is 1. The maximum absolute atomic E-state index is 13.3. The third-order valence-corrected chi connectivity index (χ3v) is 9.78. The monoisotopic (exact) mass is 688 g/mol. The zero-order valence-corrected chi connectivity index (χ0v) is 25.5. The van der Waals surface area contributed by atoms with Crippen LogP contribution in [-0.4, -0.2) is 87.0 Å². The molecule has 0 spiro atoms. The van der Waals surface area contributed by atoms with Crippen LogP contribution in [0, 0.1) is 15.5 Å². The van der Waals surface area contributed by atoms with Gasteiger partial charge in [-0.25, -0.2) is 4.98 Å². The van der Waals surface area contributed by atoms with Crippen LogP contribution in [0.4, 0.5) is 24.0 Å². The van der Waals surface area contributed by atoms with Crippen LogP contribution in [0.25, 0.3) is 0 Å². The largest absolute Gasteiger partial charge is 0.471 e. The van der Waals surface area contributed by atoms with Gasteiger partial charge in [-0.05, 0) is 23.1 Å². The average Bonchev–Trinajstić information content (AvgIpc) is 3.47. The van der Waals surface area contributed by atoms with E-state index in [1.165, 1.54) is 58.1 Å². The van der Waals surface area contributed by atoms with Crippen LogP contribution in [0.15, 0.2) is 46.8 Å². The second-order valence-corrected chi connectivity index (χ2v) is 12.4. The van der Waals surface area contributed by atoms with Gasteiger partial charge in [0, 0.05) is 35.6 Å². The van der Waals surface area contributed by atoms with Gasteiger partial charge >= 0.3 is 18.1 Å². The highest BCUT2D eigenvalue weighted by atomic mass is 32.2. The lowest BCUT2D eigenvalue weighted by Gasteiger charge is -2.54. The van der Waals surface area contributed by atoms with Gasteiger partial charge in [0.15, 0.2) is 10.8 Å². The Kier molecular flexibility index (Phi) is 10.4. The number of hydrogen-bond acceptors (Lipinski definition) is 13. The number of anilines is 1. The highest BCUT2D eigenvalue weighted by molar-refractivity contribution is 8.02. The van der Waals surface area contributed by atoms with Crippen molar-refractivity contribution in [1.82, 2.24) is 15.2 Å². The molecule has 240 valence electrons. The van der Waals surface area contributed by atoms with Crippen LogP contribution < -0.4 is 10.6 Å². The number of nitrogens with zero attached hydrogens (tertiary/aromatic N) is 4. The Balaban J connectivity index is 1.41. The molecule has 4 rings (SSSR count). The summed E-state index contributed by atoms with van der Waals surface area (Å²) in [7, 11) is 1.13. The maximum Gasteiger partial charge on any atom is 0.471 e. The minimum absolute atomic E-state index is 0.0107. The number of carbonyl (C=O) groups is 4. The zero-order valence-electron chi connectivity index (χ0n) is 23.1. The Bertz CT molecular complexity index is 1540. The van der Waals surface area contributed by atoms with Crippen LogP contribution >= 0.6 is 34.9 Å². The Morgan fingerprint density at radius 2 is 2.04 bits per heavy atom. The maximum atomic E-state index is 13.3. The number of alkyl halides is 3. The quantitative estimate of drug-likeness (QED) is 0.110. The van der Waals surface area contributed by atoms with E-state index in [-0.39, 0.29) is 36.0 Å². The van der Waals surface area contributed by atoms with Gasteiger partial charge in [-0.3, -0.25) is 34.6 Å². The van der Waals surface area contributed by atoms with Crippen LogP contribution in [0.3, 0.4) is 0 Å². The van der Waals surface area contributed by atoms with Gasteiger partial charge in [0.25, 0.3) is 11.6 Å². The van der Waals surface area contributed by atoms with Crippen molar-refractivity contribution in [1.29, 1.82) is 0 Å². The number of esters is 1. The summed E-state index contributed by atoms with van der Waals surface area (Å²) < 4.78 is 43.3. The van der Waals surface area contributed by atoms with E-state index in [0.717, 1.165) is 7.11 Å². The third kappa shape index (κ3) is 7.56. The summed E-state index contributed by atoms with van der Waals surface area (Å²) in [5, 5.41) is 20.3. The summed E-state index contributed by atoms with van der Waals surface area (Å²) in [4.78, 5) is 71.0. The van der Waals surface area contributed by atoms with Gasteiger partial charge in [-0.1, -0.05) is 11.7 Å². The second kappa shape index (κ2) is 13.9. The van der Waals surface area contributed by atoms with Crippen molar-refractivity contribution < 1.29 is 46.8 Å². The summed E-state index contributed by atoms with van der Waals surface area (Å²) >= 11 is 3.12. The molecule has 2 unspecified atom stereocenters. The fraction of sp³-hybridized carbons (Fsp3) is 0.360. The van der Waals surface area contributed by atoms with Crippen molar-refractivity contribution in [3.8, 4) is 0 Å². The second-order valence-electron chi connectivity index (χ2n) is 9.49. The Morgan fingerprint density at radius 3 is 2.67 bits per heavy atom. The lowest BCUT2D eigenvalue weighted by Crippen LogP contribution is -2.74. The van der Waals surface area contributed by atoms with E-state index in [2.05, 4.69) is 26.9 Å². The molecule has 3 amide bonds. The smallest absolute Gasteiger partial charge is 0.460 e. The van der Waals surface area contributed by atoms with Crippen molar-refractivity contribution in [2.45, 2.75) is 24.2 Å². The summed E-state index contributed by atoms with van der Waals surface area (Å²) in [6, 6.07) is 4.51. The van der Waals surface area contributed by atoms with Crippen LogP contribution in [0.1, 0.15) is 11.3 Å². The van der Waals surface area contributed by atoms with E-state index in [1.807, 2.05) is 0 Å². The SMILES string of the molecule is C=CSCC1(C(=O)OCc2ccc([N+](=O)[O-])cc2)CS[C@@H]2C(NC(=O)C(=NOC)c3csc(NC(=O)C(F)(F)F)n3)C(=O)N2C1. The molecule has 1 aromatic carbocycles. The minimum Gasteiger partial charge on any atom is -0.460 e. The molecule has 2 saturated heterocycles. The number of nitro benzene ring substituents is 1. The lowest BCUT2D eigenvalue weighted by molar-refractivity contribution is -0.384. The third-order valence-electron chi connectivity index (χ3n) is 6.48. The summed E-state index contributed by atoms with van der Waals surface area (Å²) in [5.74, 6) is -3.75. The molecule has 20 heteroatoms. The Morgan fingerprint density at radius 1 is 1.33 bits per heavy atom. The molecular weight excluding hydrogens is 666 g/mol. The van der Waals surface area contributed by atoms with Crippen molar-refractivity contribution in [3.63, 3.8) is 0 Å². The van der Waals surface area contributed by atoms with E-state index in [9.17, 15) is 42.5 Å². The van der Waals surface area contributed by atoms with Gasteiger partial charge in [-0.2, -0.15) is 13.2 Å². The molecule has 3 atom stereocenters. The molecule has 2 fully saturated rings. The minimum atomic E-state index is -5.15. The number of nitrogens with one attached hydrogen (secondary N) is 2. The number of carbonyl (C=O) groups excluding carboxylic acids is 4. The van der Waals surface area contributed by atoms with Gasteiger partial charge < -0.3 is 19.8 Å². The molecule has 2 N–H and O–H groups in total. The summed E-state index contributed by atoms with van der Waals surface area (Å²) in [5.41, 5.74) is -1.34. The molecular formula is C25H23F3N6O8S3. The van der Waals surface area contributed by atoms with E-state index >= 15 is 0 Å². The lowest BCUT2D eigenvalue weighted by atomic mass is 9.89. The zero-order chi connectivity index (χ0) is 32.9. The summed E-state index contributed by atoms with van der Waals surface area (Å²) in [6.45, 7) is 3.51. The van der Waals surface area contributed by atoms with Crippen molar-refractivity contribution in [3.05, 3.63) is 63.0 Å². The Labute approximate surface area is 264 Å². The number of hydrogen-bond donors (Lipinski definition) is 2. The molecule has 0 radical (unpaired) electrons. The number of oxime groups is 1. The number of halogens is 3. The van der Waals surface area contributed by atoms with Crippen LogP contribution in [0.2, 0.25) is 0 Å². The molecule has 0 bridgehead atoms. The first-order valence-corrected chi connectivity index (χ1v) is 15.6. The number of aromatic nitrogens is 1. The number of rotatable bonds is 12. The number of β-lactam (4-membered cyclic amide) rings is 1. The van der Waals surface area contributed by atoms with Crippen LogP contribution in [0.5, 0.6) is 0 Å². The summed E-state index contributed by atoms with van der Waals surface area (Å²) in [6.07, 6.45) is -5.15. The van der Waals surface area contributed by atoms with Gasteiger partial charge in [0.1, 0.15) is 36.2 Å².